The van der Waals surface area contributed by atoms with Gasteiger partial charge in [-0.05, 0) is 70.2 Å². The predicted octanol–water partition coefficient (Wildman–Crippen LogP) is 7.07. The number of rotatable bonds is 16. The van der Waals surface area contributed by atoms with Gasteiger partial charge in [-0.25, -0.2) is 0 Å². The third-order valence-corrected chi connectivity index (χ3v) is 15.4. The quantitative estimate of drug-likeness (QED) is 0.206. The summed E-state index contributed by atoms with van der Waals surface area (Å²) in [6.07, 6.45) is 7.13. The minimum Gasteiger partial charge on any atom is -0.373 e. The van der Waals surface area contributed by atoms with E-state index in [2.05, 4.69) is 66.8 Å². The summed E-state index contributed by atoms with van der Waals surface area (Å²) in [5.41, 5.74) is 4.65. The Hall–Kier alpha value is -1.89. The SMILES string of the molecule is CCO[Si](OCC)(OCC)C1([Si](OCC)(OCC)OCC)C=CC(c2ccccc2-c2ccccc2)=CC1. The van der Waals surface area contributed by atoms with Crippen LogP contribution in [0.1, 0.15) is 53.5 Å². The molecule has 0 radical (unpaired) electrons. The third kappa shape index (κ3) is 5.98. The third-order valence-electron chi connectivity index (χ3n) is 6.61. The molecule has 0 spiro atoms. The zero-order valence-corrected chi connectivity index (χ0v) is 25.8. The molecule has 0 atom stereocenters. The average molecular weight is 557 g/mol. The number of hydrogen-bond acceptors (Lipinski definition) is 6. The Kier molecular flexibility index (Phi) is 11.7. The van der Waals surface area contributed by atoms with Crippen LogP contribution in [0.15, 0.2) is 72.8 Å². The van der Waals surface area contributed by atoms with Crippen LogP contribution in [0.4, 0.5) is 0 Å². The van der Waals surface area contributed by atoms with Crippen molar-refractivity contribution >= 4 is 23.2 Å². The minimum atomic E-state index is -3.44. The van der Waals surface area contributed by atoms with Crippen molar-refractivity contribution < 1.29 is 26.6 Å². The van der Waals surface area contributed by atoms with Crippen LogP contribution in [0.25, 0.3) is 16.7 Å². The summed E-state index contributed by atoms with van der Waals surface area (Å²) in [5.74, 6) is 0. The van der Waals surface area contributed by atoms with Crippen LogP contribution in [-0.2, 0) is 26.6 Å². The van der Waals surface area contributed by atoms with Gasteiger partial charge in [0.05, 0.1) is 0 Å². The molecule has 0 unspecified atom stereocenters. The van der Waals surface area contributed by atoms with Crippen molar-refractivity contribution in [1.82, 2.24) is 0 Å². The first-order chi connectivity index (χ1) is 18.5. The van der Waals surface area contributed by atoms with Gasteiger partial charge >= 0.3 is 17.6 Å². The summed E-state index contributed by atoms with van der Waals surface area (Å²) in [6, 6.07) is 19.0. The van der Waals surface area contributed by atoms with Crippen LogP contribution < -0.4 is 0 Å². The summed E-state index contributed by atoms with van der Waals surface area (Å²) in [4.78, 5) is 0. The van der Waals surface area contributed by atoms with E-state index >= 15 is 0 Å². The van der Waals surface area contributed by atoms with Crippen LogP contribution >= 0.6 is 0 Å². The Labute approximate surface area is 231 Å². The van der Waals surface area contributed by atoms with Gasteiger partial charge in [-0.3, -0.25) is 0 Å². The first kappa shape index (κ1) is 30.7. The molecule has 38 heavy (non-hydrogen) atoms. The molecule has 0 saturated heterocycles. The van der Waals surface area contributed by atoms with Gasteiger partial charge in [-0.2, -0.15) is 0 Å². The Bertz CT molecular complexity index is 996. The molecule has 8 heteroatoms. The Morgan fingerprint density at radius 2 is 1.00 bits per heavy atom. The highest BCUT2D eigenvalue weighted by Gasteiger charge is 2.76. The molecule has 2 aromatic carbocycles. The zero-order valence-electron chi connectivity index (χ0n) is 23.8. The van der Waals surface area contributed by atoms with E-state index in [0.717, 1.165) is 11.1 Å². The maximum Gasteiger partial charge on any atom is 0.516 e. The fourth-order valence-corrected chi connectivity index (χ4v) is 13.7. The highest BCUT2D eigenvalue weighted by atomic mass is 28.5. The number of hydrogen-bond donors (Lipinski definition) is 0. The standard InChI is InChI=1S/C30H44O6Si2/c1-7-31-37(32-8-2,33-9-3)30(38(34-10-4,35-11-5)36-12-6)24-22-27(23-25-30)29-21-17-16-20-28(29)26-18-14-13-15-19-26/h13-24H,7-12,25H2,1-6H3. The molecular formula is C30H44O6Si2. The molecule has 0 amide bonds. The van der Waals surface area contributed by atoms with Crippen LogP contribution in [0.5, 0.6) is 0 Å². The second kappa shape index (κ2) is 14.5. The highest BCUT2D eigenvalue weighted by Crippen LogP contribution is 2.56. The second-order valence-electron chi connectivity index (χ2n) is 8.79. The van der Waals surface area contributed by atoms with E-state index in [1.165, 1.54) is 11.1 Å². The van der Waals surface area contributed by atoms with Crippen molar-refractivity contribution in [2.24, 2.45) is 0 Å². The Morgan fingerprint density at radius 3 is 1.39 bits per heavy atom. The van der Waals surface area contributed by atoms with Crippen molar-refractivity contribution in [3.63, 3.8) is 0 Å². The van der Waals surface area contributed by atoms with Gasteiger partial charge in [0.25, 0.3) is 0 Å². The van der Waals surface area contributed by atoms with Crippen LogP contribution in [0, 0.1) is 0 Å². The van der Waals surface area contributed by atoms with E-state index in [1.54, 1.807) is 0 Å². The number of benzene rings is 2. The molecule has 0 saturated carbocycles. The van der Waals surface area contributed by atoms with E-state index in [9.17, 15) is 0 Å². The van der Waals surface area contributed by atoms with Crippen molar-refractivity contribution in [2.75, 3.05) is 39.6 Å². The minimum absolute atomic E-state index is 0.448. The van der Waals surface area contributed by atoms with Gasteiger partial charge in [0, 0.05) is 39.6 Å². The van der Waals surface area contributed by atoms with Crippen molar-refractivity contribution in [3.8, 4) is 11.1 Å². The molecule has 0 aliphatic heterocycles. The molecule has 6 nitrogen and oxygen atoms in total. The fraction of sp³-hybridized carbons (Fsp3) is 0.467. The molecule has 0 bridgehead atoms. The van der Waals surface area contributed by atoms with Gasteiger partial charge in [0.15, 0.2) is 0 Å². The molecule has 0 heterocycles. The summed E-state index contributed by atoms with van der Waals surface area (Å²) < 4.78 is 38.4. The second-order valence-corrected chi connectivity index (χ2v) is 15.0. The lowest BCUT2D eigenvalue weighted by Gasteiger charge is -2.50. The molecule has 3 rings (SSSR count). The molecule has 1 aliphatic rings. The van der Waals surface area contributed by atoms with Crippen molar-refractivity contribution in [1.29, 1.82) is 0 Å². The van der Waals surface area contributed by atoms with Gasteiger partial charge in [0.1, 0.15) is 4.66 Å². The van der Waals surface area contributed by atoms with E-state index in [1.807, 2.05) is 47.6 Å². The summed E-state index contributed by atoms with van der Waals surface area (Å²) >= 11 is 0. The summed E-state index contributed by atoms with van der Waals surface area (Å²) in [5, 5.41) is 0. The molecule has 0 N–H and O–H groups in total. The Morgan fingerprint density at radius 1 is 0.579 bits per heavy atom. The maximum atomic E-state index is 6.54. The van der Waals surface area contributed by atoms with Crippen LogP contribution in [0.3, 0.4) is 0 Å². The molecule has 0 aromatic heterocycles. The van der Waals surface area contributed by atoms with E-state index in [4.69, 9.17) is 26.6 Å². The van der Waals surface area contributed by atoms with Gasteiger partial charge in [-0.1, -0.05) is 72.8 Å². The van der Waals surface area contributed by atoms with E-state index < -0.39 is 22.3 Å². The van der Waals surface area contributed by atoms with E-state index in [0.29, 0.717) is 46.1 Å². The molecule has 1 aliphatic carbocycles. The highest BCUT2D eigenvalue weighted by molar-refractivity contribution is 6.86. The summed E-state index contributed by atoms with van der Waals surface area (Å²) in [7, 11) is -6.89. The lowest BCUT2D eigenvalue weighted by molar-refractivity contribution is 0.0195. The lowest BCUT2D eigenvalue weighted by Crippen LogP contribution is -2.70. The summed E-state index contributed by atoms with van der Waals surface area (Å²) in [6.45, 7) is 14.5. The van der Waals surface area contributed by atoms with E-state index in [-0.39, 0.29) is 0 Å². The van der Waals surface area contributed by atoms with Crippen LogP contribution in [0.2, 0.25) is 4.66 Å². The average Bonchev–Trinajstić information content (AvgIpc) is 2.94. The largest absolute Gasteiger partial charge is 0.516 e. The number of allylic oxidation sites excluding steroid dienone is 4. The maximum absolute atomic E-state index is 6.54. The molecule has 208 valence electrons. The monoisotopic (exact) mass is 556 g/mol. The molecule has 0 fully saturated rings. The van der Waals surface area contributed by atoms with Crippen molar-refractivity contribution in [2.45, 2.75) is 52.6 Å². The van der Waals surface area contributed by atoms with Crippen LogP contribution in [-0.4, -0.2) is 57.3 Å². The first-order valence-electron chi connectivity index (χ1n) is 13.9. The lowest BCUT2D eigenvalue weighted by atomic mass is 9.91. The van der Waals surface area contributed by atoms with Gasteiger partial charge < -0.3 is 26.6 Å². The predicted molar refractivity (Wildman–Crippen MR) is 158 cm³/mol. The smallest absolute Gasteiger partial charge is 0.373 e. The zero-order chi connectivity index (χ0) is 27.5. The fourth-order valence-electron chi connectivity index (χ4n) is 5.25. The van der Waals surface area contributed by atoms with Crippen molar-refractivity contribution in [3.05, 3.63) is 78.4 Å². The molecule has 2 aromatic rings. The van der Waals surface area contributed by atoms with Gasteiger partial charge in [-0.15, -0.1) is 0 Å². The Balaban J connectivity index is 2.22. The molecular weight excluding hydrogens is 512 g/mol. The topological polar surface area (TPSA) is 55.4 Å². The van der Waals surface area contributed by atoms with Gasteiger partial charge in [0.2, 0.25) is 0 Å². The first-order valence-corrected chi connectivity index (χ1v) is 17.3. The normalized spacial score (nSPS) is 15.5.